The quantitative estimate of drug-likeness (QED) is 0.311. The highest BCUT2D eigenvalue weighted by atomic mass is 32.2. The minimum atomic E-state index is -0.630. The molecule has 0 fully saturated rings. The fourth-order valence-corrected chi connectivity index (χ4v) is 2.95. The van der Waals surface area contributed by atoms with Gasteiger partial charge in [0.1, 0.15) is 0 Å². The van der Waals surface area contributed by atoms with E-state index in [4.69, 9.17) is 0 Å². The van der Waals surface area contributed by atoms with Gasteiger partial charge in [0.25, 0.3) is 5.69 Å². The van der Waals surface area contributed by atoms with Gasteiger partial charge in [-0.2, -0.15) is 0 Å². The molecule has 0 amide bonds. The molecule has 8 nitrogen and oxygen atoms in total. The summed E-state index contributed by atoms with van der Waals surface area (Å²) in [5.41, 5.74) is 0.272. The SMILES string of the molecule is O=C(CSc1nc2ccc([N+](=O)[O-])cc2[nH]1)c1ccccc(=O)c1O. The molecule has 0 bridgehead atoms. The number of ketones is 1. The molecule has 0 unspecified atom stereocenters. The predicted octanol–water partition coefficient (Wildman–Crippen LogP) is 2.51. The zero-order chi connectivity index (χ0) is 18.0. The number of rotatable bonds is 5. The topological polar surface area (TPSA) is 126 Å². The van der Waals surface area contributed by atoms with Crippen molar-refractivity contribution in [3.8, 4) is 5.75 Å². The van der Waals surface area contributed by atoms with Crippen molar-refractivity contribution in [2.75, 3.05) is 5.75 Å². The number of hydrogen-bond donors (Lipinski definition) is 2. The van der Waals surface area contributed by atoms with Gasteiger partial charge in [0.15, 0.2) is 16.7 Å². The maximum Gasteiger partial charge on any atom is 0.271 e. The number of nitrogens with zero attached hydrogens (tertiary/aromatic N) is 2. The van der Waals surface area contributed by atoms with Crippen molar-refractivity contribution in [3.63, 3.8) is 0 Å². The maximum atomic E-state index is 12.2. The first-order chi connectivity index (χ1) is 12.0. The van der Waals surface area contributed by atoms with Crippen molar-refractivity contribution in [2.24, 2.45) is 0 Å². The fourth-order valence-electron chi connectivity index (χ4n) is 2.18. The third kappa shape index (κ3) is 3.50. The minimum Gasteiger partial charge on any atom is -0.504 e. The molecule has 1 heterocycles. The molecule has 0 atom stereocenters. The lowest BCUT2D eigenvalue weighted by molar-refractivity contribution is -0.384. The largest absolute Gasteiger partial charge is 0.504 e. The summed E-state index contributed by atoms with van der Waals surface area (Å²) in [7, 11) is 0. The van der Waals surface area contributed by atoms with Gasteiger partial charge in [-0.15, -0.1) is 0 Å². The molecule has 0 saturated carbocycles. The molecule has 2 aromatic carbocycles. The number of aromatic nitrogens is 2. The molecule has 0 aliphatic heterocycles. The van der Waals surface area contributed by atoms with Crippen molar-refractivity contribution in [1.29, 1.82) is 0 Å². The van der Waals surface area contributed by atoms with Gasteiger partial charge in [-0.1, -0.05) is 23.9 Å². The van der Waals surface area contributed by atoms with Crippen LogP contribution < -0.4 is 5.43 Å². The average Bonchev–Trinajstić information content (AvgIpc) is 2.92. The summed E-state index contributed by atoms with van der Waals surface area (Å²) in [6.45, 7) is 0. The van der Waals surface area contributed by atoms with Crippen LogP contribution in [0.2, 0.25) is 0 Å². The Morgan fingerprint density at radius 2 is 2.04 bits per heavy atom. The summed E-state index contributed by atoms with van der Waals surface area (Å²) in [4.78, 5) is 41.2. The first-order valence-corrected chi connectivity index (χ1v) is 8.07. The van der Waals surface area contributed by atoms with Crippen LogP contribution in [0.1, 0.15) is 10.4 Å². The molecule has 3 rings (SSSR count). The van der Waals surface area contributed by atoms with Gasteiger partial charge in [0.2, 0.25) is 5.43 Å². The van der Waals surface area contributed by atoms with E-state index in [-0.39, 0.29) is 17.0 Å². The summed E-state index contributed by atoms with van der Waals surface area (Å²) in [6.07, 6.45) is 0. The van der Waals surface area contributed by atoms with Crippen LogP contribution in [0.25, 0.3) is 11.0 Å². The first kappa shape index (κ1) is 16.7. The second-order valence-corrected chi connectivity index (χ2v) is 6.02. The molecule has 0 radical (unpaired) electrons. The molecule has 0 spiro atoms. The van der Waals surface area contributed by atoms with Crippen molar-refractivity contribution in [1.82, 2.24) is 9.97 Å². The number of H-pyrrole nitrogens is 1. The van der Waals surface area contributed by atoms with Crippen LogP contribution in [0.3, 0.4) is 0 Å². The third-order valence-electron chi connectivity index (χ3n) is 3.41. The number of carbonyl (C=O) groups is 1. The van der Waals surface area contributed by atoms with E-state index in [9.17, 15) is 24.8 Å². The molecule has 1 aromatic heterocycles. The summed E-state index contributed by atoms with van der Waals surface area (Å²) in [6, 6.07) is 9.72. The van der Waals surface area contributed by atoms with Crippen LogP contribution in [-0.4, -0.2) is 31.5 Å². The number of Topliss-reactive ketones (excluding diaryl/α,β-unsaturated/α-hetero) is 1. The average molecular weight is 357 g/mol. The Bertz CT molecular complexity index is 1050. The Kier molecular flexibility index (Phi) is 4.48. The molecular weight excluding hydrogens is 346 g/mol. The second kappa shape index (κ2) is 6.73. The Morgan fingerprint density at radius 3 is 2.80 bits per heavy atom. The highest BCUT2D eigenvalue weighted by molar-refractivity contribution is 7.99. The fraction of sp³-hybridized carbons (Fsp3) is 0.0625. The number of imidazole rings is 1. The van der Waals surface area contributed by atoms with Gasteiger partial charge >= 0.3 is 0 Å². The number of carbonyl (C=O) groups excluding carboxylic acids is 1. The lowest BCUT2D eigenvalue weighted by atomic mass is 10.2. The Balaban J connectivity index is 1.80. The van der Waals surface area contributed by atoms with Crippen LogP contribution in [0.15, 0.2) is 52.4 Å². The molecular formula is C16H11N3O5S. The van der Waals surface area contributed by atoms with Gasteiger partial charge in [-0.3, -0.25) is 19.7 Å². The number of nitro groups is 1. The van der Waals surface area contributed by atoms with E-state index in [2.05, 4.69) is 9.97 Å². The zero-order valence-electron chi connectivity index (χ0n) is 12.6. The standard InChI is InChI=1S/C16H11N3O5S/c20-13-4-2-1-3-10(15(13)22)14(21)8-25-16-17-11-6-5-9(19(23)24)7-12(11)18-16/h1-7H,8H2,(H,17,18)(H,20,22). The van der Waals surface area contributed by atoms with Crippen LogP contribution in [0, 0.1) is 10.1 Å². The molecule has 0 aliphatic carbocycles. The molecule has 3 aromatic rings. The summed E-state index contributed by atoms with van der Waals surface area (Å²) < 4.78 is 0. The van der Waals surface area contributed by atoms with Crippen molar-refractivity contribution < 1.29 is 14.8 Å². The minimum absolute atomic E-state index is 0.0566. The van der Waals surface area contributed by atoms with Crippen LogP contribution >= 0.6 is 11.8 Å². The molecule has 2 N–H and O–H groups in total. The summed E-state index contributed by atoms with van der Waals surface area (Å²) in [5.74, 6) is -1.07. The van der Waals surface area contributed by atoms with Gasteiger partial charge < -0.3 is 10.1 Å². The van der Waals surface area contributed by atoms with Crippen molar-refractivity contribution >= 4 is 34.3 Å². The van der Waals surface area contributed by atoms with E-state index in [0.29, 0.717) is 16.2 Å². The van der Waals surface area contributed by atoms with Gasteiger partial charge in [0, 0.05) is 12.1 Å². The van der Waals surface area contributed by atoms with Crippen molar-refractivity contribution in [3.05, 3.63) is 68.4 Å². The van der Waals surface area contributed by atoms with E-state index in [1.54, 1.807) is 0 Å². The Hall–Kier alpha value is -3.20. The number of fused-ring (bicyclic) bond motifs is 1. The summed E-state index contributed by atoms with van der Waals surface area (Å²) >= 11 is 1.08. The Morgan fingerprint density at radius 1 is 1.28 bits per heavy atom. The van der Waals surface area contributed by atoms with Gasteiger partial charge in [0.05, 0.1) is 27.3 Å². The number of aromatic amines is 1. The maximum absolute atomic E-state index is 12.2. The Labute approximate surface area is 144 Å². The van der Waals surface area contributed by atoms with Crippen molar-refractivity contribution in [2.45, 2.75) is 5.16 Å². The molecule has 25 heavy (non-hydrogen) atoms. The number of aromatic hydroxyl groups is 1. The number of nitrogens with one attached hydrogen (secondary N) is 1. The van der Waals surface area contributed by atoms with Gasteiger partial charge in [-0.25, -0.2) is 4.98 Å². The predicted molar refractivity (Wildman–Crippen MR) is 92.2 cm³/mol. The van der Waals surface area contributed by atoms with Crippen LogP contribution in [0.4, 0.5) is 5.69 Å². The van der Waals surface area contributed by atoms with Crippen LogP contribution in [0.5, 0.6) is 5.75 Å². The number of non-ortho nitro benzene ring substituents is 1. The number of thioether (sulfide) groups is 1. The van der Waals surface area contributed by atoms with E-state index in [0.717, 1.165) is 11.8 Å². The molecule has 0 aliphatic rings. The molecule has 0 saturated heterocycles. The highest BCUT2D eigenvalue weighted by Crippen LogP contribution is 2.24. The third-order valence-corrected chi connectivity index (χ3v) is 4.28. The summed E-state index contributed by atoms with van der Waals surface area (Å²) in [5, 5.41) is 21.0. The second-order valence-electron chi connectivity index (χ2n) is 5.06. The smallest absolute Gasteiger partial charge is 0.271 e. The highest BCUT2D eigenvalue weighted by Gasteiger charge is 2.15. The van der Waals surface area contributed by atoms with Crippen LogP contribution in [-0.2, 0) is 0 Å². The van der Waals surface area contributed by atoms with E-state index < -0.39 is 21.9 Å². The van der Waals surface area contributed by atoms with E-state index in [1.807, 2.05) is 0 Å². The van der Waals surface area contributed by atoms with Gasteiger partial charge in [-0.05, 0) is 18.2 Å². The number of benzene rings is 1. The molecule has 9 heteroatoms. The first-order valence-electron chi connectivity index (χ1n) is 7.08. The monoisotopic (exact) mass is 357 g/mol. The lowest BCUT2D eigenvalue weighted by Crippen LogP contribution is -2.06. The number of hydrogen-bond acceptors (Lipinski definition) is 7. The van der Waals surface area contributed by atoms with E-state index >= 15 is 0 Å². The molecule has 126 valence electrons. The van der Waals surface area contributed by atoms with E-state index in [1.165, 1.54) is 42.5 Å². The normalized spacial score (nSPS) is 10.7. The zero-order valence-corrected chi connectivity index (χ0v) is 13.4. The lowest BCUT2D eigenvalue weighted by Gasteiger charge is -1.99. The number of nitro benzene ring substituents is 1.